The van der Waals surface area contributed by atoms with Crippen LogP contribution in [0, 0.1) is 6.92 Å². The molecular formula is C11H17N3O3S. The third-order valence-corrected chi connectivity index (χ3v) is 3.57. The number of aryl methyl sites for hydroxylation is 1. The Balaban J connectivity index is 2.79. The molecule has 0 radical (unpaired) electrons. The minimum absolute atomic E-state index is 0.231. The number of hydrogen-bond acceptors (Lipinski definition) is 5. The Morgan fingerprint density at radius 1 is 1.67 bits per heavy atom. The second kappa shape index (κ2) is 6.01. The Bertz CT molecular complexity index is 489. The smallest absolute Gasteiger partial charge is 0.324 e. The van der Waals surface area contributed by atoms with Crippen molar-refractivity contribution >= 4 is 17.7 Å². The summed E-state index contributed by atoms with van der Waals surface area (Å²) in [4.78, 5) is 29.2. The molecule has 3 N–H and O–H groups in total. The summed E-state index contributed by atoms with van der Waals surface area (Å²) >= 11 is 1.21. The molecule has 0 aromatic carbocycles. The van der Waals surface area contributed by atoms with Crippen LogP contribution < -0.4 is 10.9 Å². The number of nitrogens with one attached hydrogen (secondary N) is 2. The molecule has 6 nitrogen and oxygen atoms in total. The van der Waals surface area contributed by atoms with Crippen LogP contribution in [0.25, 0.3) is 0 Å². The van der Waals surface area contributed by atoms with Gasteiger partial charge in [-0.3, -0.25) is 9.59 Å². The molecule has 1 rings (SSSR count). The Kier molecular flexibility index (Phi) is 4.92. The second-order valence-corrected chi connectivity index (χ2v) is 5.11. The van der Waals surface area contributed by atoms with Crippen molar-refractivity contribution in [3.63, 3.8) is 0 Å². The van der Waals surface area contributed by atoms with Crippen LogP contribution in [0.4, 0.5) is 0 Å². The van der Waals surface area contributed by atoms with Crippen molar-refractivity contribution < 1.29 is 9.90 Å². The molecule has 0 saturated heterocycles. The van der Waals surface area contributed by atoms with Gasteiger partial charge >= 0.3 is 5.97 Å². The molecule has 0 aliphatic heterocycles. The van der Waals surface area contributed by atoms with Crippen molar-refractivity contribution in [2.24, 2.45) is 0 Å². The van der Waals surface area contributed by atoms with Crippen molar-refractivity contribution in [1.29, 1.82) is 0 Å². The summed E-state index contributed by atoms with van der Waals surface area (Å²) in [7, 11) is 0. The molecule has 1 unspecified atom stereocenters. The standard InChI is InChI=1S/C11H17N3O3S/c1-4-12-11(3,9(16)17)6-18-10-13-7(2)5-8(15)14-10/h5,12H,4,6H2,1-3H3,(H,16,17)(H,13,14,15). The maximum Gasteiger partial charge on any atom is 0.324 e. The lowest BCUT2D eigenvalue weighted by Crippen LogP contribution is -2.51. The topological polar surface area (TPSA) is 95.1 Å². The number of carbonyl (C=O) groups is 1. The second-order valence-electron chi connectivity index (χ2n) is 4.15. The van der Waals surface area contributed by atoms with E-state index in [-0.39, 0.29) is 11.3 Å². The van der Waals surface area contributed by atoms with Crippen LogP contribution >= 0.6 is 11.8 Å². The fourth-order valence-electron chi connectivity index (χ4n) is 1.41. The van der Waals surface area contributed by atoms with Gasteiger partial charge in [0.25, 0.3) is 5.56 Å². The summed E-state index contributed by atoms with van der Waals surface area (Å²) in [6.07, 6.45) is 0. The number of likely N-dealkylation sites (N-methyl/N-ethyl adjacent to an activating group) is 1. The average molecular weight is 271 g/mol. The first-order valence-electron chi connectivity index (χ1n) is 5.56. The molecular weight excluding hydrogens is 254 g/mol. The fourth-order valence-corrected chi connectivity index (χ4v) is 2.44. The van der Waals surface area contributed by atoms with Crippen LogP contribution in [0.2, 0.25) is 0 Å². The monoisotopic (exact) mass is 271 g/mol. The molecule has 0 amide bonds. The van der Waals surface area contributed by atoms with Gasteiger partial charge in [-0.1, -0.05) is 18.7 Å². The summed E-state index contributed by atoms with van der Waals surface area (Å²) < 4.78 is 0. The summed E-state index contributed by atoms with van der Waals surface area (Å²) in [5.41, 5.74) is -0.658. The molecule has 0 fully saturated rings. The van der Waals surface area contributed by atoms with Gasteiger partial charge in [0.1, 0.15) is 5.54 Å². The van der Waals surface area contributed by atoms with E-state index in [9.17, 15) is 14.7 Å². The van der Waals surface area contributed by atoms with Crippen LogP contribution in [0.1, 0.15) is 19.5 Å². The highest BCUT2D eigenvalue weighted by molar-refractivity contribution is 7.99. The third kappa shape index (κ3) is 3.85. The van der Waals surface area contributed by atoms with Gasteiger partial charge in [-0.05, 0) is 20.4 Å². The molecule has 0 aliphatic carbocycles. The molecule has 1 atom stereocenters. The van der Waals surface area contributed by atoms with Crippen molar-refractivity contribution in [2.45, 2.75) is 31.5 Å². The number of carboxylic acid groups (broad SMARTS) is 1. The normalized spacial score (nSPS) is 14.2. The van der Waals surface area contributed by atoms with E-state index in [0.29, 0.717) is 17.4 Å². The van der Waals surface area contributed by atoms with Gasteiger partial charge in [-0.25, -0.2) is 4.98 Å². The lowest BCUT2D eigenvalue weighted by Gasteiger charge is -2.24. The predicted octanol–water partition coefficient (Wildman–Crippen LogP) is 0.623. The van der Waals surface area contributed by atoms with E-state index in [0.717, 1.165) is 0 Å². The minimum Gasteiger partial charge on any atom is -0.480 e. The van der Waals surface area contributed by atoms with Crippen LogP contribution in [0.15, 0.2) is 16.0 Å². The van der Waals surface area contributed by atoms with Crippen molar-refractivity contribution in [3.8, 4) is 0 Å². The number of aliphatic carboxylic acids is 1. The number of carboxylic acids is 1. The van der Waals surface area contributed by atoms with Gasteiger partial charge in [0, 0.05) is 17.5 Å². The Morgan fingerprint density at radius 2 is 2.33 bits per heavy atom. The van der Waals surface area contributed by atoms with Gasteiger partial charge in [0.2, 0.25) is 0 Å². The first-order chi connectivity index (χ1) is 8.37. The first-order valence-corrected chi connectivity index (χ1v) is 6.55. The fraction of sp³-hybridized carbons (Fsp3) is 0.545. The Hall–Kier alpha value is -1.34. The first kappa shape index (κ1) is 14.7. The maximum absolute atomic E-state index is 11.3. The summed E-state index contributed by atoms with van der Waals surface area (Å²) in [5.74, 6) is -0.644. The highest BCUT2D eigenvalue weighted by atomic mass is 32.2. The van der Waals surface area contributed by atoms with Crippen LogP contribution in [0.5, 0.6) is 0 Å². The molecule has 1 aromatic heterocycles. The lowest BCUT2D eigenvalue weighted by atomic mass is 10.1. The van der Waals surface area contributed by atoms with Crippen molar-refractivity contribution in [2.75, 3.05) is 12.3 Å². The lowest BCUT2D eigenvalue weighted by molar-refractivity contribution is -0.143. The molecule has 100 valence electrons. The molecule has 18 heavy (non-hydrogen) atoms. The molecule has 0 spiro atoms. The van der Waals surface area contributed by atoms with Gasteiger partial charge in [-0.2, -0.15) is 0 Å². The highest BCUT2D eigenvalue weighted by Gasteiger charge is 2.32. The number of hydrogen-bond donors (Lipinski definition) is 3. The van der Waals surface area contributed by atoms with E-state index in [4.69, 9.17) is 0 Å². The van der Waals surface area contributed by atoms with Gasteiger partial charge in [0.15, 0.2) is 5.16 Å². The summed E-state index contributed by atoms with van der Waals surface area (Å²) in [5, 5.41) is 12.5. The zero-order chi connectivity index (χ0) is 13.8. The number of H-pyrrole nitrogens is 1. The molecule has 0 bridgehead atoms. The van der Waals surface area contributed by atoms with Crippen LogP contribution in [-0.2, 0) is 4.79 Å². The average Bonchev–Trinajstić information content (AvgIpc) is 2.25. The zero-order valence-electron chi connectivity index (χ0n) is 10.6. The quantitative estimate of drug-likeness (QED) is 0.518. The van der Waals surface area contributed by atoms with Gasteiger partial charge < -0.3 is 15.4 Å². The van der Waals surface area contributed by atoms with E-state index >= 15 is 0 Å². The molecule has 0 saturated carbocycles. The maximum atomic E-state index is 11.3. The number of rotatable bonds is 6. The van der Waals surface area contributed by atoms with Crippen LogP contribution in [-0.4, -0.2) is 38.9 Å². The highest BCUT2D eigenvalue weighted by Crippen LogP contribution is 2.19. The van der Waals surface area contributed by atoms with Crippen LogP contribution in [0.3, 0.4) is 0 Å². The molecule has 1 aromatic rings. The number of nitrogens with zero attached hydrogens (tertiary/aromatic N) is 1. The van der Waals surface area contributed by atoms with E-state index in [2.05, 4.69) is 15.3 Å². The summed E-state index contributed by atoms with van der Waals surface area (Å²) in [6.45, 7) is 5.74. The number of thioether (sulfide) groups is 1. The van der Waals surface area contributed by atoms with E-state index < -0.39 is 11.5 Å². The summed E-state index contributed by atoms with van der Waals surface area (Å²) in [6, 6.07) is 1.39. The predicted molar refractivity (Wildman–Crippen MR) is 70.0 cm³/mol. The third-order valence-electron chi connectivity index (χ3n) is 2.38. The number of aromatic amines is 1. The van der Waals surface area contributed by atoms with Gasteiger partial charge in [-0.15, -0.1) is 0 Å². The molecule has 7 heteroatoms. The van der Waals surface area contributed by atoms with Crippen molar-refractivity contribution in [3.05, 3.63) is 22.1 Å². The minimum atomic E-state index is -1.04. The Morgan fingerprint density at radius 3 is 2.83 bits per heavy atom. The molecule has 1 heterocycles. The van der Waals surface area contributed by atoms with E-state index in [1.807, 2.05) is 6.92 Å². The SMILES string of the molecule is CCNC(C)(CSc1nc(C)cc(=O)[nH]1)C(=O)O. The largest absolute Gasteiger partial charge is 0.480 e. The Labute approximate surface area is 109 Å². The number of aromatic nitrogens is 2. The van der Waals surface area contributed by atoms with Gasteiger partial charge in [0.05, 0.1) is 0 Å². The van der Waals surface area contributed by atoms with Crippen molar-refractivity contribution in [1.82, 2.24) is 15.3 Å². The van der Waals surface area contributed by atoms with E-state index in [1.54, 1.807) is 13.8 Å². The van der Waals surface area contributed by atoms with E-state index in [1.165, 1.54) is 17.8 Å². The zero-order valence-corrected chi connectivity index (χ0v) is 11.4. The molecule has 0 aliphatic rings.